The topological polar surface area (TPSA) is 78.9 Å². The Morgan fingerprint density at radius 3 is 1.14 bits per heavy atom. The minimum atomic E-state index is -0.792. The van der Waals surface area contributed by atoms with Crippen LogP contribution in [0, 0.1) is 0 Å². The largest absolute Gasteiger partial charge is 0.462 e. The second-order valence-corrected chi connectivity index (χ2v) is 16.3. The summed E-state index contributed by atoms with van der Waals surface area (Å²) in [5, 5.41) is 0. The van der Waals surface area contributed by atoms with Gasteiger partial charge in [0.15, 0.2) is 6.10 Å². The van der Waals surface area contributed by atoms with Crippen molar-refractivity contribution in [3.05, 3.63) is 48.6 Å². The Morgan fingerprint density at radius 2 is 0.690 bits per heavy atom. The molecule has 0 radical (unpaired) electrons. The molecule has 0 saturated carbocycles. The van der Waals surface area contributed by atoms with Crippen LogP contribution in [0.5, 0.6) is 0 Å². The molecule has 0 amide bonds. The summed E-state index contributed by atoms with van der Waals surface area (Å²) in [4.78, 5) is 37.8. The van der Waals surface area contributed by atoms with Crippen molar-refractivity contribution in [1.29, 1.82) is 0 Å². The van der Waals surface area contributed by atoms with Gasteiger partial charge in [0.2, 0.25) is 0 Å². The minimum Gasteiger partial charge on any atom is -0.462 e. The predicted molar refractivity (Wildman–Crippen MR) is 247 cm³/mol. The molecule has 0 fully saturated rings. The van der Waals surface area contributed by atoms with Gasteiger partial charge in [-0.2, -0.15) is 0 Å². The molecule has 1 atom stereocenters. The monoisotopic (exact) mass is 813 g/mol. The van der Waals surface area contributed by atoms with Crippen LogP contribution in [0.3, 0.4) is 0 Å². The van der Waals surface area contributed by atoms with E-state index >= 15 is 0 Å². The van der Waals surface area contributed by atoms with Crippen molar-refractivity contribution in [1.82, 2.24) is 0 Å². The zero-order valence-electron chi connectivity index (χ0n) is 38.3. The molecule has 0 aliphatic rings. The number of ether oxygens (including phenoxy) is 3. The lowest BCUT2D eigenvalue weighted by Gasteiger charge is -2.18. The molecule has 0 bridgehead atoms. The van der Waals surface area contributed by atoms with Crippen LogP contribution in [0.25, 0.3) is 0 Å². The predicted octanol–water partition coefficient (Wildman–Crippen LogP) is 15.9. The SMILES string of the molecule is CC/C=C\C/C=C\C/C=C\CCCC(=O)OCC(COC(=O)CCCCCCC/C=C\CCCCCCCCC)OC(=O)CCCCCCCCCCCCCCC. The number of unbranched alkanes of at least 4 members (excludes halogenated alkanes) is 25. The third kappa shape index (κ3) is 44.5. The molecule has 6 nitrogen and oxygen atoms in total. The van der Waals surface area contributed by atoms with E-state index in [2.05, 4.69) is 69.4 Å². The number of carbonyl (C=O) groups excluding carboxylic acids is 3. The van der Waals surface area contributed by atoms with Crippen molar-refractivity contribution in [3.63, 3.8) is 0 Å². The van der Waals surface area contributed by atoms with Crippen molar-refractivity contribution in [3.8, 4) is 0 Å². The molecule has 58 heavy (non-hydrogen) atoms. The quantitative estimate of drug-likeness (QED) is 0.0264. The first-order valence-electron chi connectivity index (χ1n) is 24.6. The lowest BCUT2D eigenvalue weighted by molar-refractivity contribution is -0.167. The maximum atomic E-state index is 12.7. The highest BCUT2D eigenvalue weighted by Crippen LogP contribution is 2.15. The fraction of sp³-hybridized carbons (Fsp3) is 0.788. The van der Waals surface area contributed by atoms with E-state index in [-0.39, 0.29) is 37.5 Å². The number of esters is 3. The lowest BCUT2D eigenvalue weighted by Crippen LogP contribution is -2.30. The summed E-state index contributed by atoms with van der Waals surface area (Å²) in [6.45, 7) is 6.47. The van der Waals surface area contributed by atoms with Gasteiger partial charge in [0.05, 0.1) is 0 Å². The smallest absolute Gasteiger partial charge is 0.306 e. The molecular formula is C52H92O6. The molecule has 336 valence electrons. The van der Waals surface area contributed by atoms with Gasteiger partial charge in [0.25, 0.3) is 0 Å². The van der Waals surface area contributed by atoms with Crippen LogP contribution >= 0.6 is 0 Å². The molecule has 0 aliphatic heterocycles. The van der Waals surface area contributed by atoms with E-state index in [1.165, 1.54) is 128 Å². The minimum absolute atomic E-state index is 0.0911. The number of rotatable bonds is 44. The van der Waals surface area contributed by atoms with Gasteiger partial charge in [-0.25, -0.2) is 0 Å². The number of hydrogen-bond donors (Lipinski definition) is 0. The Kier molecular flexibility index (Phi) is 44.9. The molecular weight excluding hydrogens is 721 g/mol. The van der Waals surface area contributed by atoms with Crippen LogP contribution in [0.4, 0.5) is 0 Å². The third-order valence-corrected chi connectivity index (χ3v) is 10.6. The Hall–Kier alpha value is -2.63. The molecule has 0 saturated heterocycles. The highest BCUT2D eigenvalue weighted by atomic mass is 16.6. The van der Waals surface area contributed by atoms with Gasteiger partial charge in [0.1, 0.15) is 13.2 Å². The van der Waals surface area contributed by atoms with E-state index in [9.17, 15) is 14.4 Å². The molecule has 0 aromatic carbocycles. The fourth-order valence-corrected chi connectivity index (χ4v) is 6.87. The Morgan fingerprint density at radius 1 is 0.362 bits per heavy atom. The van der Waals surface area contributed by atoms with E-state index in [1.54, 1.807) is 0 Å². The van der Waals surface area contributed by atoms with E-state index in [1.807, 2.05) is 0 Å². The van der Waals surface area contributed by atoms with Gasteiger partial charge >= 0.3 is 17.9 Å². The highest BCUT2D eigenvalue weighted by molar-refractivity contribution is 5.71. The zero-order valence-corrected chi connectivity index (χ0v) is 38.3. The summed E-state index contributed by atoms with van der Waals surface area (Å²) >= 11 is 0. The number of allylic oxidation sites excluding steroid dienone is 8. The van der Waals surface area contributed by atoms with Gasteiger partial charge in [0, 0.05) is 19.3 Å². The van der Waals surface area contributed by atoms with Crippen LogP contribution in [0.15, 0.2) is 48.6 Å². The first kappa shape index (κ1) is 55.4. The lowest BCUT2D eigenvalue weighted by atomic mass is 10.0. The van der Waals surface area contributed by atoms with E-state index in [0.717, 1.165) is 70.6 Å². The third-order valence-electron chi connectivity index (χ3n) is 10.6. The Labute approximate surface area is 358 Å². The van der Waals surface area contributed by atoms with Crippen molar-refractivity contribution in [2.75, 3.05) is 13.2 Å². The summed E-state index contributed by atoms with van der Waals surface area (Å²) in [5.41, 5.74) is 0. The summed E-state index contributed by atoms with van der Waals surface area (Å²) in [6, 6.07) is 0. The second kappa shape index (κ2) is 47.1. The van der Waals surface area contributed by atoms with Gasteiger partial charge < -0.3 is 14.2 Å². The Bertz CT molecular complexity index is 1030. The first-order valence-corrected chi connectivity index (χ1v) is 24.6. The van der Waals surface area contributed by atoms with Crippen LogP contribution < -0.4 is 0 Å². The molecule has 0 heterocycles. The number of hydrogen-bond acceptors (Lipinski definition) is 6. The molecule has 0 N–H and O–H groups in total. The average molecular weight is 813 g/mol. The van der Waals surface area contributed by atoms with Crippen LogP contribution in [-0.2, 0) is 28.6 Å². The van der Waals surface area contributed by atoms with Gasteiger partial charge in [-0.1, -0.05) is 204 Å². The fourth-order valence-electron chi connectivity index (χ4n) is 6.87. The Balaban J connectivity index is 4.40. The standard InChI is InChI=1S/C52H92O6/c1-4-7-10-13-16-19-22-24-25-26-28-30-33-36-39-42-45-51(54)57-48-49(47-56-50(53)44-41-38-35-32-29-21-18-15-12-9-6-3)58-52(55)46-43-40-37-34-31-27-23-20-17-14-11-8-5-2/h9,12,18,21,25-26,32,35,49H,4-8,10-11,13-17,19-20,22-24,27-31,33-34,36-48H2,1-3H3/b12-9-,21-18-,26-25-,35-32-. The van der Waals surface area contributed by atoms with Crippen molar-refractivity contribution >= 4 is 17.9 Å². The zero-order chi connectivity index (χ0) is 42.3. The van der Waals surface area contributed by atoms with Gasteiger partial charge in [-0.3, -0.25) is 14.4 Å². The molecule has 0 rings (SSSR count). The van der Waals surface area contributed by atoms with E-state index < -0.39 is 6.10 Å². The summed E-state index contributed by atoms with van der Waals surface area (Å²) in [7, 11) is 0. The normalized spacial score (nSPS) is 12.4. The highest BCUT2D eigenvalue weighted by Gasteiger charge is 2.19. The van der Waals surface area contributed by atoms with Crippen molar-refractivity contribution in [2.24, 2.45) is 0 Å². The molecule has 0 aliphatic carbocycles. The average Bonchev–Trinajstić information content (AvgIpc) is 3.22. The second-order valence-electron chi connectivity index (χ2n) is 16.3. The number of carbonyl (C=O) groups is 3. The summed E-state index contributed by atoms with van der Waals surface area (Å²) in [6.07, 6.45) is 55.3. The van der Waals surface area contributed by atoms with Crippen LogP contribution in [0.2, 0.25) is 0 Å². The van der Waals surface area contributed by atoms with E-state index in [4.69, 9.17) is 14.2 Å². The van der Waals surface area contributed by atoms with Gasteiger partial charge in [-0.05, 0) is 70.6 Å². The van der Waals surface area contributed by atoms with Crippen molar-refractivity contribution in [2.45, 2.75) is 252 Å². The molecule has 6 heteroatoms. The van der Waals surface area contributed by atoms with Crippen molar-refractivity contribution < 1.29 is 28.6 Å². The van der Waals surface area contributed by atoms with Gasteiger partial charge in [-0.15, -0.1) is 0 Å². The molecule has 0 aromatic heterocycles. The maximum absolute atomic E-state index is 12.7. The van der Waals surface area contributed by atoms with E-state index in [0.29, 0.717) is 19.3 Å². The summed E-state index contributed by atoms with van der Waals surface area (Å²) < 4.78 is 16.7. The maximum Gasteiger partial charge on any atom is 0.306 e. The molecule has 1 unspecified atom stereocenters. The molecule has 0 spiro atoms. The summed E-state index contributed by atoms with van der Waals surface area (Å²) in [5.74, 6) is -0.951. The van der Waals surface area contributed by atoms with Crippen LogP contribution in [0.1, 0.15) is 245 Å². The van der Waals surface area contributed by atoms with Crippen LogP contribution in [-0.4, -0.2) is 37.2 Å². The first-order chi connectivity index (χ1) is 28.5. The molecule has 0 aromatic rings.